The van der Waals surface area contributed by atoms with Crippen molar-refractivity contribution in [3.05, 3.63) is 11.6 Å². The highest BCUT2D eigenvalue weighted by Crippen LogP contribution is 2.59. The summed E-state index contributed by atoms with van der Waals surface area (Å²) in [6.45, 7) is 11.3. The van der Waals surface area contributed by atoms with Crippen molar-refractivity contribution in [1.29, 1.82) is 0 Å². The first-order valence-electron chi connectivity index (χ1n) is 12.3. The minimum atomic E-state index is -0.673. The third kappa shape index (κ3) is 4.17. The molecule has 0 aliphatic heterocycles. The van der Waals surface area contributed by atoms with Crippen molar-refractivity contribution in [2.24, 2.45) is 40.4 Å². The van der Waals surface area contributed by atoms with Crippen molar-refractivity contribution >= 4 is 5.78 Å². The minimum Gasteiger partial charge on any atom is -0.396 e. The first-order chi connectivity index (χ1) is 14.0. The van der Waals surface area contributed by atoms with Crippen LogP contribution in [0, 0.1) is 40.4 Å². The number of hydrogen-bond acceptors (Lipinski definition) is 4. The van der Waals surface area contributed by atoms with Gasteiger partial charge < -0.3 is 15.3 Å². The second-order valence-corrected chi connectivity index (χ2v) is 11.6. The molecule has 0 aromatic rings. The van der Waals surface area contributed by atoms with Crippen LogP contribution in [0.4, 0.5) is 0 Å². The first-order valence-corrected chi connectivity index (χ1v) is 12.3. The van der Waals surface area contributed by atoms with Gasteiger partial charge in [-0.3, -0.25) is 4.79 Å². The molecule has 0 bridgehead atoms. The molecule has 3 aliphatic rings. The highest BCUT2D eigenvalue weighted by atomic mass is 16.3. The van der Waals surface area contributed by atoms with Crippen LogP contribution in [0.25, 0.3) is 0 Å². The lowest BCUT2D eigenvalue weighted by Gasteiger charge is -2.49. The summed E-state index contributed by atoms with van der Waals surface area (Å²) in [4.78, 5) is 13.8. The van der Waals surface area contributed by atoms with E-state index < -0.39 is 17.6 Å². The molecule has 0 heterocycles. The van der Waals surface area contributed by atoms with Gasteiger partial charge in [-0.1, -0.05) is 47.5 Å². The van der Waals surface area contributed by atoms with Crippen molar-refractivity contribution in [2.45, 2.75) is 98.2 Å². The normalized spacial score (nSPS) is 42.9. The molecule has 2 fully saturated rings. The fourth-order valence-electron chi connectivity index (χ4n) is 7.21. The molecule has 2 saturated carbocycles. The van der Waals surface area contributed by atoms with Crippen LogP contribution in [0.3, 0.4) is 0 Å². The summed E-state index contributed by atoms with van der Waals surface area (Å²) >= 11 is 0. The SMILES string of the molecule is CC(C)CCC(C)C1CCC(C2=CC(O)C3CC(O)CCC3(C)C2=O)C1(C)CCO. The number of hydrogen-bond donors (Lipinski definition) is 3. The third-order valence-electron chi connectivity index (χ3n) is 9.21. The summed E-state index contributed by atoms with van der Waals surface area (Å²) in [5.41, 5.74) is 0.112. The smallest absolute Gasteiger partial charge is 0.165 e. The average molecular weight is 421 g/mol. The van der Waals surface area contributed by atoms with Gasteiger partial charge in [-0.05, 0) is 79.3 Å². The first kappa shape index (κ1) is 23.9. The van der Waals surface area contributed by atoms with Crippen molar-refractivity contribution in [1.82, 2.24) is 0 Å². The lowest BCUT2D eigenvalue weighted by molar-refractivity contribution is -0.138. The van der Waals surface area contributed by atoms with Gasteiger partial charge in [0.25, 0.3) is 0 Å². The number of allylic oxidation sites excluding steroid dienone is 1. The molecule has 0 amide bonds. The van der Waals surface area contributed by atoms with Crippen LogP contribution in [-0.2, 0) is 4.79 Å². The fourth-order valence-corrected chi connectivity index (χ4v) is 7.21. The average Bonchev–Trinajstić information content (AvgIpc) is 3.01. The van der Waals surface area contributed by atoms with Crippen molar-refractivity contribution in [3.63, 3.8) is 0 Å². The van der Waals surface area contributed by atoms with Gasteiger partial charge in [0.05, 0.1) is 12.2 Å². The summed E-state index contributed by atoms with van der Waals surface area (Å²) in [6.07, 6.45) is 7.65. The van der Waals surface area contributed by atoms with Crippen LogP contribution in [0.2, 0.25) is 0 Å². The molecule has 3 aliphatic carbocycles. The predicted molar refractivity (Wildman–Crippen MR) is 120 cm³/mol. The highest BCUT2D eigenvalue weighted by Gasteiger charge is 2.56. The molecule has 3 N–H and O–H groups in total. The molecular formula is C26H44O4. The molecule has 0 saturated heterocycles. The fraction of sp³-hybridized carbons (Fsp3) is 0.885. The molecule has 4 heteroatoms. The van der Waals surface area contributed by atoms with Crippen LogP contribution in [-0.4, -0.2) is 39.9 Å². The minimum absolute atomic E-state index is 0.0999. The lowest BCUT2D eigenvalue weighted by atomic mass is 9.55. The van der Waals surface area contributed by atoms with E-state index in [1.165, 1.54) is 12.8 Å². The number of rotatable bonds is 7. The van der Waals surface area contributed by atoms with Gasteiger partial charge in [0.2, 0.25) is 0 Å². The Morgan fingerprint density at radius 1 is 1.10 bits per heavy atom. The van der Waals surface area contributed by atoms with E-state index in [1.54, 1.807) is 0 Å². The topological polar surface area (TPSA) is 77.8 Å². The Hall–Kier alpha value is -0.710. The molecule has 4 nitrogen and oxygen atoms in total. The van der Waals surface area contributed by atoms with Crippen LogP contribution in [0.15, 0.2) is 11.6 Å². The Kier molecular flexibility index (Phi) is 7.21. The predicted octanol–water partition coefficient (Wildman–Crippen LogP) is 4.51. The molecule has 0 aromatic heterocycles. The van der Waals surface area contributed by atoms with Gasteiger partial charge in [0, 0.05) is 17.9 Å². The monoisotopic (exact) mass is 420 g/mol. The van der Waals surface area contributed by atoms with Crippen LogP contribution in [0.5, 0.6) is 0 Å². The summed E-state index contributed by atoms with van der Waals surface area (Å²) in [6, 6.07) is 0. The molecule has 0 radical (unpaired) electrons. The van der Waals surface area contributed by atoms with E-state index >= 15 is 0 Å². The number of Topliss-reactive ketones (excluding diaryl/α,β-unsaturated/α-hetero) is 1. The number of ketones is 1. The van der Waals surface area contributed by atoms with Gasteiger partial charge in [-0.25, -0.2) is 0 Å². The third-order valence-corrected chi connectivity index (χ3v) is 9.21. The lowest BCUT2D eigenvalue weighted by Crippen LogP contribution is -2.52. The van der Waals surface area contributed by atoms with Gasteiger partial charge in [0.1, 0.15) is 0 Å². The van der Waals surface area contributed by atoms with E-state index in [-0.39, 0.29) is 29.6 Å². The largest absolute Gasteiger partial charge is 0.396 e. The Morgan fingerprint density at radius 2 is 1.80 bits per heavy atom. The Morgan fingerprint density at radius 3 is 2.43 bits per heavy atom. The van der Waals surface area contributed by atoms with E-state index in [1.807, 2.05) is 13.0 Å². The summed E-state index contributed by atoms with van der Waals surface area (Å²) in [5.74, 6) is 1.83. The van der Waals surface area contributed by atoms with Crippen LogP contribution < -0.4 is 0 Å². The maximum atomic E-state index is 13.8. The summed E-state index contributed by atoms with van der Waals surface area (Å²) in [7, 11) is 0. The maximum Gasteiger partial charge on any atom is 0.165 e. The van der Waals surface area contributed by atoms with Gasteiger partial charge in [-0.2, -0.15) is 0 Å². The summed E-state index contributed by atoms with van der Waals surface area (Å²) in [5, 5.41) is 31.0. The molecule has 172 valence electrons. The van der Waals surface area contributed by atoms with Crippen molar-refractivity contribution in [2.75, 3.05) is 6.61 Å². The molecule has 0 aromatic carbocycles. The highest BCUT2D eigenvalue weighted by molar-refractivity contribution is 6.01. The zero-order valence-corrected chi connectivity index (χ0v) is 19.7. The van der Waals surface area contributed by atoms with Crippen LogP contribution in [0.1, 0.15) is 86.0 Å². The van der Waals surface area contributed by atoms with E-state index in [0.29, 0.717) is 43.4 Å². The molecular weight excluding hydrogens is 376 g/mol. The number of carbonyl (C=O) groups excluding carboxylic acids is 1. The Labute approximate surface area is 183 Å². The Bertz CT molecular complexity index is 655. The standard InChI is InChI=1S/C26H44O4/c1-16(2)6-7-17(3)20-8-9-21(25(20,4)12-13-27)19-15-23(29)22-14-18(28)10-11-26(22,5)24(19)30/h15-18,20-23,27-29H,6-14H2,1-5H3. The van der Waals surface area contributed by atoms with E-state index in [4.69, 9.17) is 0 Å². The number of aliphatic hydroxyl groups is 3. The number of aliphatic hydroxyl groups excluding tert-OH is 3. The Balaban J connectivity index is 1.90. The zero-order chi connectivity index (χ0) is 22.3. The van der Waals surface area contributed by atoms with E-state index in [2.05, 4.69) is 27.7 Å². The molecule has 3 rings (SSSR count). The van der Waals surface area contributed by atoms with Gasteiger partial charge in [0.15, 0.2) is 5.78 Å². The van der Waals surface area contributed by atoms with Gasteiger partial charge >= 0.3 is 0 Å². The molecule has 30 heavy (non-hydrogen) atoms. The van der Waals surface area contributed by atoms with Crippen molar-refractivity contribution < 1.29 is 20.1 Å². The second-order valence-electron chi connectivity index (χ2n) is 11.6. The molecule has 0 spiro atoms. The van der Waals surface area contributed by atoms with E-state index in [0.717, 1.165) is 18.4 Å². The van der Waals surface area contributed by atoms with E-state index in [9.17, 15) is 20.1 Å². The quantitative estimate of drug-likeness (QED) is 0.566. The maximum absolute atomic E-state index is 13.8. The zero-order valence-electron chi connectivity index (χ0n) is 19.7. The second kappa shape index (κ2) is 9.03. The number of carbonyl (C=O) groups is 1. The molecule has 8 atom stereocenters. The van der Waals surface area contributed by atoms with Crippen LogP contribution >= 0.6 is 0 Å². The van der Waals surface area contributed by atoms with Crippen molar-refractivity contribution in [3.8, 4) is 0 Å². The van der Waals surface area contributed by atoms with Gasteiger partial charge in [-0.15, -0.1) is 0 Å². The molecule has 8 unspecified atom stereocenters. The number of fused-ring (bicyclic) bond motifs is 1. The summed E-state index contributed by atoms with van der Waals surface area (Å²) < 4.78 is 0.